The molecule has 0 aromatic carbocycles. The number of aromatic nitrogens is 4. The fourth-order valence-corrected chi connectivity index (χ4v) is 2.92. The summed E-state index contributed by atoms with van der Waals surface area (Å²) >= 11 is 0. The second-order valence-corrected chi connectivity index (χ2v) is 6.36. The molecule has 0 bridgehead atoms. The van der Waals surface area contributed by atoms with Gasteiger partial charge < -0.3 is 14.7 Å². The maximum absolute atomic E-state index is 12.5. The molecule has 1 saturated heterocycles. The highest BCUT2D eigenvalue weighted by Gasteiger charge is 2.21. The Labute approximate surface area is 153 Å². The van der Waals surface area contributed by atoms with Crippen LogP contribution in [0.3, 0.4) is 0 Å². The van der Waals surface area contributed by atoms with Crippen LogP contribution in [0.1, 0.15) is 30.3 Å². The number of carbonyl (C=O) groups is 1. The zero-order valence-corrected chi connectivity index (χ0v) is 15.4. The molecule has 3 rings (SSSR count). The Morgan fingerprint density at radius 3 is 2.46 bits per heavy atom. The van der Waals surface area contributed by atoms with E-state index in [9.17, 15) is 4.79 Å². The van der Waals surface area contributed by atoms with Crippen LogP contribution >= 0.6 is 0 Å². The van der Waals surface area contributed by atoms with Gasteiger partial charge in [-0.3, -0.25) is 4.79 Å². The monoisotopic (exact) mass is 355 g/mol. The molecular formula is C18H25N7O. The Bertz CT molecular complexity index is 716. The molecule has 0 aliphatic carbocycles. The molecule has 26 heavy (non-hydrogen) atoms. The number of amides is 1. The smallest absolute Gasteiger partial charge is 0.272 e. The summed E-state index contributed by atoms with van der Waals surface area (Å²) in [4.78, 5) is 35.7. The van der Waals surface area contributed by atoms with E-state index in [1.807, 2.05) is 13.1 Å². The summed E-state index contributed by atoms with van der Waals surface area (Å²) in [6.45, 7) is 6.08. The highest BCUT2D eigenvalue weighted by atomic mass is 16.2. The molecule has 3 heterocycles. The van der Waals surface area contributed by atoms with Gasteiger partial charge >= 0.3 is 0 Å². The molecule has 138 valence electrons. The van der Waals surface area contributed by atoms with Gasteiger partial charge in [0, 0.05) is 58.2 Å². The minimum atomic E-state index is -0.0570. The Morgan fingerprint density at radius 2 is 1.77 bits per heavy atom. The van der Waals surface area contributed by atoms with Crippen LogP contribution in [-0.4, -0.2) is 70.5 Å². The van der Waals surface area contributed by atoms with Gasteiger partial charge in [-0.15, -0.1) is 0 Å². The third-order valence-corrected chi connectivity index (χ3v) is 4.50. The quantitative estimate of drug-likeness (QED) is 0.776. The molecule has 1 aliphatic rings. The lowest BCUT2D eigenvalue weighted by molar-refractivity contribution is 0.0787. The molecule has 8 heteroatoms. The van der Waals surface area contributed by atoms with Crippen molar-refractivity contribution in [3.8, 4) is 0 Å². The van der Waals surface area contributed by atoms with Crippen LogP contribution in [0.25, 0.3) is 0 Å². The highest BCUT2D eigenvalue weighted by Crippen LogP contribution is 2.17. The van der Waals surface area contributed by atoms with Crippen molar-refractivity contribution in [2.24, 2.45) is 0 Å². The standard InChI is InChI=1S/C18H25N7O/c1-3-4-8-23(2)17(26)15-13-16(22-14-21-15)24-9-11-25(12-10-24)18-19-6-5-7-20-18/h5-7,13-14H,3-4,8-12H2,1-2H3. The van der Waals surface area contributed by atoms with E-state index in [0.717, 1.165) is 57.3 Å². The summed E-state index contributed by atoms with van der Waals surface area (Å²) in [5.41, 5.74) is 0.447. The zero-order chi connectivity index (χ0) is 18.4. The van der Waals surface area contributed by atoms with E-state index in [1.165, 1.54) is 6.33 Å². The minimum absolute atomic E-state index is 0.0570. The van der Waals surface area contributed by atoms with Crippen molar-refractivity contribution < 1.29 is 4.79 Å². The maximum Gasteiger partial charge on any atom is 0.272 e. The van der Waals surface area contributed by atoms with Gasteiger partial charge in [0.25, 0.3) is 5.91 Å². The van der Waals surface area contributed by atoms with Crippen LogP contribution in [0.5, 0.6) is 0 Å². The van der Waals surface area contributed by atoms with Gasteiger partial charge in [0.15, 0.2) is 0 Å². The number of hydrogen-bond acceptors (Lipinski definition) is 7. The minimum Gasteiger partial charge on any atom is -0.353 e. The number of nitrogens with zero attached hydrogens (tertiary/aromatic N) is 7. The van der Waals surface area contributed by atoms with Crippen LogP contribution in [0.15, 0.2) is 30.9 Å². The normalized spacial score (nSPS) is 14.4. The molecule has 0 unspecified atom stereocenters. The van der Waals surface area contributed by atoms with Crippen LogP contribution in [0, 0.1) is 0 Å². The molecule has 0 spiro atoms. The number of hydrogen-bond donors (Lipinski definition) is 0. The fraction of sp³-hybridized carbons (Fsp3) is 0.500. The number of unbranched alkanes of at least 4 members (excludes halogenated alkanes) is 1. The highest BCUT2D eigenvalue weighted by molar-refractivity contribution is 5.92. The van der Waals surface area contributed by atoms with E-state index in [4.69, 9.17) is 0 Å². The maximum atomic E-state index is 12.5. The van der Waals surface area contributed by atoms with Crippen molar-refractivity contribution in [2.45, 2.75) is 19.8 Å². The second kappa shape index (κ2) is 8.55. The number of piperazine rings is 1. The van der Waals surface area contributed by atoms with Crippen molar-refractivity contribution in [1.82, 2.24) is 24.8 Å². The molecular weight excluding hydrogens is 330 g/mol. The van der Waals surface area contributed by atoms with Gasteiger partial charge in [-0.05, 0) is 12.5 Å². The van der Waals surface area contributed by atoms with Crippen LogP contribution in [-0.2, 0) is 0 Å². The van der Waals surface area contributed by atoms with Crippen molar-refractivity contribution in [3.05, 3.63) is 36.5 Å². The Hall–Kier alpha value is -2.77. The van der Waals surface area contributed by atoms with Gasteiger partial charge in [-0.1, -0.05) is 13.3 Å². The van der Waals surface area contributed by atoms with Crippen molar-refractivity contribution in [2.75, 3.05) is 49.6 Å². The molecule has 2 aromatic heterocycles. The lowest BCUT2D eigenvalue weighted by Gasteiger charge is -2.35. The third kappa shape index (κ3) is 4.25. The lowest BCUT2D eigenvalue weighted by atomic mass is 10.2. The van der Waals surface area contributed by atoms with Gasteiger partial charge in [0.05, 0.1) is 0 Å². The van der Waals surface area contributed by atoms with Gasteiger partial charge in [-0.2, -0.15) is 0 Å². The van der Waals surface area contributed by atoms with Crippen LogP contribution in [0.2, 0.25) is 0 Å². The average molecular weight is 355 g/mol. The largest absolute Gasteiger partial charge is 0.353 e. The summed E-state index contributed by atoms with van der Waals surface area (Å²) < 4.78 is 0. The predicted octanol–water partition coefficient (Wildman–Crippen LogP) is 1.47. The molecule has 0 N–H and O–H groups in total. The van der Waals surface area contributed by atoms with Crippen molar-refractivity contribution in [3.63, 3.8) is 0 Å². The summed E-state index contributed by atoms with van der Waals surface area (Å²) in [7, 11) is 1.82. The summed E-state index contributed by atoms with van der Waals surface area (Å²) in [6.07, 6.45) is 7.03. The first kappa shape index (κ1) is 18.0. The van der Waals surface area contributed by atoms with E-state index in [-0.39, 0.29) is 5.91 Å². The summed E-state index contributed by atoms with van der Waals surface area (Å²) in [6, 6.07) is 3.61. The van der Waals surface area contributed by atoms with Crippen molar-refractivity contribution >= 4 is 17.7 Å². The second-order valence-electron chi connectivity index (χ2n) is 6.36. The lowest BCUT2D eigenvalue weighted by Crippen LogP contribution is -2.47. The van der Waals surface area contributed by atoms with Gasteiger partial charge in [-0.25, -0.2) is 19.9 Å². The molecule has 1 aliphatic heterocycles. The van der Waals surface area contributed by atoms with Crippen molar-refractivity contribution in [1.29, 1.82) is 0 Å². The van der Waals surface area contributed by atoms with E-state index in [1.54, 1.807) is 23.4 Å². The van der Waals surface area contributed by atoms with Gasteiger partial charge in [0.1, 0.15) is 17.8 Å². The molecule has 2 aromatic rings. The number of anilines is 2. The summed E-state index contributed by atoms with van der Waals surface area (Å²) in [5, 5.41) is 0. The first-order valence-electron chi connectivity index (χ1n) is 9.03. The molecule has 8 nitrogen and oxygen atoms in total. The van der Waals surface area contributed by atoms with Gasteiger partial charge in [0.2, 0.25) is 5.95 Å². The summed E-state index contributed by atoms with van der Waals surface area (Å²) in [5.74, 6) is 1.49. The van der Waals surface area contributed by atoms with Crippen LogP contribution in [0.4, 0.5) is 11.8 Å². The van der Waals surface area contributed by atoms with E-state index >= 15 is 0 Å². The molecule has 1 amide bonds. The van der Waals surface area contributed by atoms with E-state index in [2.05, 4.69) is 36.7 Å². The number of carbonyl (C=O) groups excluding carboxylic acids is 1. The number of rotatable bonds is 6. The fourth-order valence-electron chi connectivity index (χ4n) is 2.92. The van der Waals surface area contributed by atoms with Crippen LogP contribution < -0.4 is 9.80 Å². The Balaban J connectivity index is 1.63. The third-order valence-electron chi connectivity index (χ3n) is 4.50. The molecule has 0 atom stereocenters. The zero-order valence-electron chi connectivity index (χ0n) is 15.4. The molecule has 0 saturated carbocycles. The SMILES string of the molecule is CCCCN(C)C(=O)c1cc(N2CCN(c3ncccn3)CC2)ncn1. The Kier molecular flexibility index (Phi) is 5.93. The van der Waals surface area contributed by atoms with E-state index < -0.39 is 0 Å². The van der Waals surface area contributed by atoms with E-state index in [0.29, 0.717) is 5.69 Å². The Morgan fingerprint density at radius 1 is 1.08 bits per heavy atom. The molecule has 1 fully saturated rings. The molecule has 0 radical (unpaired) electrons. The predicted molar refractivity (Wildman–Crippen MR) is 100 cm³/mol. The first-order chi connectivity index (χ1) is 12.7. The average Bonchev–Trinajstić information content (AvgIpc) is 2.72. The topological polar surface area (TPSA) is 78.4 Å². The first-order valence-corrected chi connectivity index (χ1v) is 9.03.